The van der Waals surface area contributed by atoms with E-state index >= 15 is 0 Å². The number of anilines is 2. The molecule has 4 nitrogen and oxygen atoms in total. The Labute approximate surface area is 123 Å². The number of rotatable bonds is 5. The third kappa shape index (κ3) is 3.36. The molecule has 0 radical (unpaired) electrons. The van der Waals surface area contributed by atoms with Gasteiger partial charge in [0.15, 0.2) is 0 Å². The highest BCUT2D eigenvalue weighted by atomic mass is 32.1. The molecule has 1 N–H and O–H groups in total. The first-order chi connectivity index (χ1) is 9.61. The average molecular weight is 289 g/mol. The first-order valence-corrected chi connectivity index (χ1v) is 7.53. The minimum absolute atomic E-state index is 0.122. The molecule has 5 heteroatoms. The topological polar surface area (TPSA) is 45.2 Å². The lowest BCUT2D eigenvalue weighted by Gasteiger charge is -2.27. The van der Waals surface area contributed by atoms with E-state index in [0.717, 1.165) is 17.9 Å². The van der Waals surface area contributed by atoms with Crippen LogP contribution in [0, 0.1) is 0 Å². The molecule has 0 unspecified atom stereocenters. The first kappa shape index (κ1) is 14.5. The van der Waals surface area contributed by atoms with E-state index in [1.807, 2.05) is 24.3 Å². The predicted octanol–water partition coefficient (Wildman–Crippen LogP) is 3.63. The van der Waals surface area contributed by atoms with Crippen LogP contribution in [0.1, 0.15) is 31.1 Å². The van der Waals surface area contributed by atoms with Crippen LogP contribution in [-0.4, -0.2) is 22.9 Å². The largest absolute Gasteiger partial charge is 0.369 e. The third-order valence-electron chi connectivity index (χ3n) is 3.12. The fraction of sp³-hybridized carbons (Fsp3) is 0.333. The monoisotopic (exact) mass is 289 g/mol. The van der Waals surface area contributed by atoms with Crippen LogP contribution in [0.3, 0.4) is 0 Å². The Morgan fingerprint density at radius 3 is 2.55 bits per heavy atom. The zero-order chi connectivity index (χ0) is 14.5. The standard InChI is InChI=1S/C15H19N3OS/c1-4-18(11(2)3)14-7-5-13(6-8-14)17-15(19)12-9-16-20-10-12/h5-11H,4H2,1-3H3,(H,17,19). The van der Waals surface area contributed by atoms with E-state index in [0.29, 0.717) is 11.6 Å². The number of hydrogen-bond donors (Lipinski definition) is 1. The number of carbonyl (C=O) groups excluding carboxylic acids is 1. The van der Waals surface area contributed by atoms with Crippen molar-refractivity contribution >= 4 is 28.8 Å². The van der Waals surface area contributed by atoms with Gasteiger partial charge in [-0.05, 0) is 56.6 Å². The van der Waals surface area contributed by atoms with E-state index in [1.54, 1.807) is 11.6 Å². The normalized spacial score (nSPS) is 10.6. The van der Waals surface area contributed by atoms with Crippen LogP contribution in [0.25, 0.3) is 0 Å². The molecule has 2 rings (SSSR count). The second-order valence-electron chi connectivity index (χ2n) is 4.79. The summed E-state index contributed by atoms with van der Waals surface area (Å²) in [6, 6.07) is 8.38. The highest BCUT2D eigenvalue weighted by Gasteiger charge is 2.09. The molecule has 1 heterocycles. The lowest BCUT2D eigenvalue weighted by Crippen LogP contribution is -2.30. The van der Waals surface area contributed by atoms with Gasteiger partial charge in [-0.2, -0.15) is 0 Å². The fourth-order valence-electron chi connectivity index (χ4n) is 2.10. The van der Waals surface area contributed by atoms with Crippen molar-refractivity contribution in [2.24, 2.45) is 0 Å². The SMILES string of the molecule is CCN(c1ccc(NC(=O)c2cnsc2)cc1)C(C)C. The summed E-state index contributed by atoms with van der Waals surface area (Å²) < 4.78 is 3.93. The van der Waals surface area contributed by atoms with Gasteiger partial charge in [-0.1, -0.05) is 0 Å². The Bertz CT molecular complexity index is 549. The van der Waals surface area contributed by atoms with E-state index in [4.69, 9.17) is 0 Å². The van der Waals surface area contributed by atoms with Crippen LogP contribution in [0.4, 0.5) is 11.4 Å². The maximum atomic E-state index is 11.9. The van der Waals surface area contributed by atoms with E-state index in [1.165, 1.54) is 11.5 Å². The van der Waals surface area contributed by atoms with E-state index in [2.05, 4.69) is 35.4 Å². The van der Waals surface area contributed by atoms with E-state index in [-0.39, 0.29) is 5.91 Å². The lowest BCUT2D eigenvalue weighted by molar-refractivity contribution is 0.102. The van der Waals surface area contributed by atoms with Crippen LogP contribution in [0.2, 0.25) is 0 Å². The minimum atomic E-state index is -0.122. The molecule has 2 aromatic rings. The summed E-state index contributed by atoms with van der Waals surface area (Å²) in [6.07, 6.45) is 1.58. The first-order valence-electron chi connectivity index (χ1n) is 6.69. The molecule has 20 heavy (non-hydrogen) atoms. The number of amides is 1. The molecule has 0 aliphatic heterocycles. The van der Waals surface area contributed by atoms with Gasteiger partial charge in [0, 0.05) is 29.3 Å². The maximum absolute atomic E-state index is 11.9. The molecule has 0 atom stereocenters. The van der Waals surface area contributed by atoms with Crippen molar-refractivity contribution < 1.29 is 4.79 Å². The molecular formula is C15H19N3OS. The van der Waals surface area contributed by atoms with Crippen molar-refractivity contribution in [3.05, 3.63) is 41.4 Å². The average Bonchev–Trinajstić information content (AvgIpc) is 2.95. The summed E-state index contributed by atoms with van der Waals surface area (Å²) in [7, 11) is 0. The van der Waals surface area contributed by atoms with Crippen molar-refractivity contribution in [2.45, 2.75) is 26.8 Å². The van der Waals surface area contributed by atoms with E-state index in [9.17, 15) is 4.79 Å². The number of carbonyl (C=O) groups is 1. The molecule has 1 aromatic carbocycles. The molecule has 1 aromatic heterocycles. The van der Waals surface area contributed by atoms with Crippen molar-refractivity contribution in [1.29, 1.82) is 0 Å². The second-order valence-corrected chi connectivity index (χ2v) is 5.45. The minimum Gasteiger partial charge on any atom is -0.369 e. The Morgan fingerprint density at radius 1 is 1.35 bits per heavy atom. The van der Waals surface area contributed by atoms with Crippen LogP contribution >= 0.6 is 11.5 Å². The van der Waals surface area contributed by atoms with Gasteiger partial charge in [0.25, 0.3) is 5.91 Å². The fourth-order valence-corrected chi connectivity index (χ4v) is 2.62. The number of aromatic nitrogens is 1. The van der Waals surface area contributed by atoms with Crippen LogP contribution in [0.5, 0.6) is 0 Å². The zero-order valence-corrected chi connectivity index (χ0v) is 12.8. The summed E-state index contributed by atoms with van der Waals surface area (Å²) in [5, 5.41) is 4.60. The quantitative estimate of drug-likeness (QED) is 0.914. The van der Waals surface area contributed by atoms with Crippen LogP contribution in [0.15, 0.2) is 35.8 Å². The molecule has 0 aliphatic carbocycles. The molecular weight excluding hydrogens is 270 g/mol. The van der Waals surface area contributed by atoms with Crippen molar-refractivity contribution in [2.75, 3.05) is 16.8 Å². The summed E-state index contributed by atoms with van der Waals surface area (Å²) in [5.41, 5.74) is 2.55. The number of benzene rings is 1. The molecule has 0 spiro atoms. The molecule has 0 aliphatic rings. The Hall–Kier alpha value is -1.88. The van der Waals surface area contributed by atoms with Gasteiger partial charge in [-0.15, -0.1) is 0 Å². The maximum Gasteiger partial charge on any atom is 0.258 e. The highest BCUT2D eigenvalue weighted by Crippen LogP contribution is 2.20. The van der Waals surface area contributed by atoms with Gasteiger partial charge in [0.2, 0.25) is 0 Å². The smallest absolute Gasteiger partial charge is 0.258 e. The van der Waals surface area contributed by atoms with Crippen LogP contribution in [-0.2, 0) is 0 Å². The van der Waals surface area contributed by atoms with Gasteiger partial charge in [0.05, 0.1) is 11.8 Å². The summed E-state index contributed by atoms with van der Waals surface area (Å²) in [5.74, 6) is -0.122. The lowest BCUT2D eigenvalue weighted by atomic mass is 10.2. The Balaban J connectivity index is 2.07. The van der Waals surface area contributed by atoms with Crippen molar-refractivity contribution in [3.8, 4) is 0 Å². The van der Waals surface area contributed by atoms with Crippen molar-refractivity contribution in [3.63, 3.8) is 0 Å². The molecule has 0 fully saturated rings. The van der Waals surface area contributed by atoms with Gasteiger partial charge >= 0.3 is 0 Å². The number of nitrogens with one attached hydrogen (secondary N) is 1. The number of nitrogens with zero attached hydrogens (tertiary/aromatic N) is 2. The molecule has 0 saturated heterocycles. The molecule has 106 valence electrons. The summed E-state index contributed by atoms with van der Waals surface area (Å²) in [4.78, 5) is 14.2. The highest BCUT2D eigenvalue weighted by molar-refractivity contribution is 7.03. The second kappa shape index (κ2) is 6.52. The Kier molecular flexibility index (Phi) is 4.74. The van der Waals surface area contributed by atoms with Gasteiger partial charge < -0.3 is 10.2 Å². The molecule has 1 amide bonds. The zero-order valence-electron chi connectivity index (χ0n) is 12.0. The molecule has 0 bridgehead atoms. The Morgan fingerprint density at radius 2 is 2.05 bits per heavy atom. The van der Waals surface area contributed by atoms with Gasteiger partial charge in [0.1, 0.15) is 0 Å². The van der Waals surface area contributed by atoms with Crippen LogP contribution < -0.4 is 10.2 Å². The van der Waals surface area contributed by atoms with Gasteiger partial charge in [-0.25, -0.2) is 4.37 Å². The summed E-state index contributed by atoms with van der Waals surface area (Å²) in [6.45, 7) is 7.44. The molecule has 0 saturated carbocycles. The third-order valence-corrected chi connectivity index (χ3v) is 3.70. The predicted molar refractivity (Wildman–Crippen MR) is 84.7 cm³/mol. The van der Waals surface area contributed by atoms with Gasteiger partial charge in [-0.3, -0.25) is 4.79 Å². The van der Waals surface area contributed by atoms with E-state index < -0.39 is 0 Å². The van der Waals surface area contributed by atoms with Crippen molar-refractivity contribution in [1.82, 2.24) is 4.37 Å². The summed E-state index contributed by atoms with van der Waals surface area (Å²) >= 11 is 1.27. The number of hydrogen-bond acceptors (Lipinski definition) is 4.